The van der Waals surface area contributed by atoms with Crippen LogP contribution in [0.4, 0.5) is 5.69 Å². The van der Waals surface area contributed by atoms with E-state index in [1.54, 1.807) is 36.3 Å². The molecule has 0 spiro atoms. The highest BCUT2D eigenvalue weighted by molar-refractivity contribution is 6.34. The largest absolute Gasteiger partial charge is 0.478 e. The summed E-state index contributed by atoms with van der Waals surface area (Å²) in [5.41, 5.74) is 0.684. The Kier molecular flexibility index (Phi) is 3.76. The molecule has 5 nitrogen and oxygen atoms in total. The van der Waals surface area contributed by atoms with Crippen molar-refractivity contribution in [2.24, 2.45) is 7.05 Å². The van der Waals surface area contributed by atoms with Crippen molar-refractivity contribution < 1.29 is 9.90 Å². The van der Waals surface area contributed by atoms with Gasteiger partial charge in [-0.3, -0.25) is 0 Å². The first-order valence-electron chi connectivity index (χ1n) is 5.70. The molecule has 1 heterocycles. The zero-order valence-corrected chi connectivity index (χ0v) is 11.4. The quantitative estimate of drug-likeness (QED) is 0.934. The number of aromatic carboxylic acids is 1. The molecule has 2 aromatic rings. The molecular formula is C13H14ClN3O2. The van der Waals surface area contributed by atoms with Crippen LogP contribution in [0.1, 0.15) is 16.2 Å². The third-order valence-electron chi connectivity index (χ3n) is 2.90. The minimum absolute atomic E-state index is 0.184. The van der Waals surface area contributed by atoms with E-state index in [0.717, 1.165) is 5.82 Å². The average molecular weight is 280 g/mol. The summed E-state index contributed by atoms with van der Waals surface area (Å²) in [4.78, 5) is 17.2. The number of halogens is 1. The minimum Gasteiger partial charge on any atom is -0.478 e. The standard InChI is InChI=1S/C13H14ClN3O2/c1-16-7-6-15-11(16)8-17(2)12-9(13(18)19)4-3-5-10(12)14/h3-7H,8H2,1-2H3,(H,18,19). The molecule has 0 saturated heterocycles. The fourth-order valence-electron chi connectivity index (χ4n) is 1.92. The van der Waals surface area contributed by atoms with E-state index in [2.05, 4.69) is 4.98 Å². The Morgan fingerprint density at radius 2 is 2.26 bits per heavy atom. The summed E-state index contributed by atoms with van der Waals surface area (Å²) in [5, 5.41) is 9.63. The molecule has 2 rings (SSSR count). The number of nitrogens with zero attached hydrogens (tertiary/aromatic N) is 3. The molecule has 19 heavy (non-hydrogen) atoms. The SMILES string of the molecule is CN(Cc1nccn1C)c1c(Cl)cccc1C(=O)O. The third kappa shape index (κ3) is 2.71. The van der Waals surface area contributed by atoms with Crippen molar-refractivity contribution in [1.82, 2.24) is 9.55 Å². The number of anilines is 1. The Hall–Kier alpha value is -2.01. The first kappa shape index (κ1) is 13.4. The Balaban J connectivity index is 2.36. The molecular weight excluding hydrogens is 266 g/mol. The van der Waals surface area contributed by atoms with Gasteiger partial charge in [0.1, 0.15) is 5.82 Å². The Bertz CT molecular complexity index is 610. The predicted octanol–water partition coefficient (Wildman–Crippen LogP) is 2.41. The lowest BCUT2D eigenvalue weighted by Gasteiger charge is -2.22. The summed E-state index contributed by atoms with van der Waals surface area (Å²) in [6, 6.07) is 4.85. The highest BCUT2D eigenvalue weighted by atomic mass is 35.5. The Labute approximate surface area is 116 Å². The van der Waals surface area contributed by atoms with Gasteiger partial charge >= 0.3 is 5.97 Å². The van der Waals surface area contributed by atoms with Gasteiger partial charge in [-0.1, -0.05) is 17.7 Å². The number of rotatable bonds is 4. The summed E-state index contributed by atoms with van der Waals surface area (Å²) in [6.45, 7) is 0.480. The lowest BCUT2D eigenvalue weighted by molar-refractivity contribution is 0.0697. The van der Waals surface area contributed by atoms with Crippen LogP contribution in [0, 0.1) is 0 Å². The van der Waals surface area contributed by atoms with E-state index in [0.29, 0.717) is 17.3 Å². The van der Waals surface area contributed by atoms with Gasteiger partial charge in [-0.2, -0.15) is 0 Å². The number of benzene rings is 1. The third-order valence-corrected chi connectivity index (χ3v) is 3.20. The predicted molar refractivity (Wildman–Crippen MR) is 73.7 cm³/mol. The van der Waals surface area contributed by atoms with E-state index in [9.17, 15) is 9.90 Å². The number of aromatic nitrogens is 2. The zero-order chi connectivity index (χ0) is 14.0. The summed E-state index contributed by atoms with van der Waals surface area (Å²) in [5.74, 6) is -0.164. The summed E-state index contributed by atoms with van der Waals surface area (Å²) >= 11 is 6.12. The number of carbonyl (C=O) groups is 1. The number of carboxylic acids is 1. The van der Waals surface area contributed by atoms with Crippen LogP contribution in [-0.4, -0.2) is 27.7 Å². The van der Waals surface area contributed by atoms with Crippen molar-refractivity contribution in [1.29, 1.82) is 0 Å². The molecule has 1 aromatic carbocycles. The van der Waals surface area contributed by atoms with Crippen LogP contribution in [0.15, 0.2) is 30.6 Å². The van der Waals surface area contributed by atoms with Gasteiger partial charge in [-0.25, -0.2) is 9.78 Å². The lowest BCUT2D eigenvalue weighted by atomic mass is 10.1. The van der Waals surface area contributed by atoms with E-state index in [-0.39, 0.29) is 5.56 Å². The number of para-hydroxylation sites is 1. The van der Waals surface area contributed by atoms with Gasteiger partial charge in [-0.05, 0) is 12.1 Å². The summed E-state index contributed by atoms with van der Waals surface area (Å²) in [7, 11) is 3.68. The fourth-order valence-corrected chi connectivity index (χ4v) is 2.23. The summed E-state index contributed by atoms with van der Waals surface area (Å²) < 4.78 is 1.88. The van der Waals surface area contributed by atoms with Crippen LogP contribution in [0.5, 0.6) is 0 Å². The van der Waals surface area contributed by atoms with E-state index in [4.69, 9.17) is 11.6 Å². The molecule has 1 aromatic heterocycles. The van der Waals surface area contributed by atoms with E-state index in [1.807, 2.05) is 17.8 Å². The van der Waals surface area contributed by atoms with E-state index >= 15 is 0 Å². The van der Waals surface area contributed by atoms with E-state index < -0.39 is 5.97 Å². The van der Waals surface area contributed by atoms with Crippen LogP contribution < -0.4 is 4.90 Å². The molecule has 0 aliphatic rings. The molecule has 0 radical (unpaired) electrons. The molecule has 0 amide bonds. The molecule has 0 bridgehead atoms. The second-order valence-electron chi connectivity index (χ2n) is 4.25. The van der Waals surface area contributed by atoms with Gasteiger partial charge in [0.05, 0.1) is 22.8 Å². The number of imidazole rings is 1. The van der Waals surface area contributed by atoms with Crippen LogP contribution in [0.3, 0.4) is 0 Å². The first-order chi connectivity index (χ1) is 9.00. The molecule has 1 N–H and O–H groups in total. The molecule has 6 heteroatoms. The van der Waals surface area contributed by atoms with Crippen molar-refractivity contribution in [2.75, 3.05) is 11.9 Å². The van der Waals surface area contributed by atoms with Crippen molar-refractivity contribution in [2.45, 2.75) is 6.54 Å². The highest BCUT2D eigenvalue weighted by Gasteiger charge is 2.17. The van der Waals surface area contributed by atoms with Crippen LogP contribution in [0.25, 0.3) is 0 Å². The van der Waals surface area contributed by atoms with Gasteiger partial charge in [0.2, 0.25) is 0 Å². The van der Waals surface area contributed by atoms with Crippen LogP contribution in [0.2, 0.25) is 5.02 Å². The smallest absolute Gasteiger partial charge is 0.337 e. The van der Waals surface area contributed by atoms with Crippen LogP contribution >= 0.6 is 11.6 Å². The maximum absolute atomic E-state index is 11.2. The van der Waals surface area contributed by atoms with Crippen molar-refractivity contribution in [3.8, 4) is 0 Å². The number of hydrogen-bond donors (Lipinski definition) is 1. The zero-order valence-electron chi connectivity index (χ0n) is 10.7. The maximum atomic E-state index is 11.2. The monoisotopic (exact) mass is 279 g/mol. The molecule has 0 fully saturated rings. The molecule has 0 saturated carbocycles. The van der Waals surface area contributed by atoms with Crippen LogP contribution in [-0.2, 0) is 13.6 Å². The second-order valence-corrected chi connectivity index (χ2v) is 4.66. The number of hydrogen-bond acceptors (Lipinski definition) is 3. The minimum atomic E-state index is -0.996. The van der Waals surface area contributed by atoms with Gasteiger partial charge in [-0.15, -0.1) is 0 Å². The number of aryl methyl sites for hydroxylation is 1. The molecule has 0 atom stereocenters. The van der Waals surface area contributed by atoms with E-state index in [1.165, 1.54) is 0 Å². The second kappa shape index (κ2) is 5.32. The lowest BCUT2D eigenvalue weighted by Crippen LogP contribution is -2.21. The summed E-state index contributed by atoms with van der Waals surface area (Å²) in [6.07, 6.45) is 3.54. The fraction of sp³-hybridized carbons (Fsp3) is 0.231. The normalized spacial score (nSPS) is 10.5. The average Bonchev–Trinajstić information content (AvgIpc) is 2.74. The van der Waals surface area contributed by atoms with Gasteiger partial charge in [0.15, 0.2) is 0 Å². The number of carboxylic acid groups (broad SMARTS) is 1. The van der Waals surface area contributed by atoms with Gasteiger partial charge in [0, 0.05) is 26.5 Å². The van der Waals surface area contributed by atoms with Gasteiger partial charge < -0.3 is 14.6 Å². The maximum Gasteiger partial charge on any atom is 0.337 e. The van der Waals surface area contributed by atoms with Crippen molar-refractivity contribution in [3.05, 3.63) is 47.0 Å². The molecule has 0 unspecified atom stereocenters. The molecule has 100 valence electrons. The van der Waals surface area contributed by atoms with Crippen molar-refractivity contribution in [3.63, 3.8) is 0 Å². The Morgan fingerprint density at radius 1 is 1.53 bits per heavy atom. The first-order valence-corrected chi connectivity index (χ1v) is 6.07. The van der Waals surface area contributed by atoms with Crippen molar-refractivity contribution >= 4 is 23.3 Å². The molecule has 0 aliphatic heterocycles. The highest BCUT2D eigenvalue weighted by Crippen LogP contribution is 2.30. The van der Waals surface area contributed by atoms with Gasteiger partial charge in [0.25, 0.3) is 0 Å². The molecule has 0 aliphatic carbocycles. The Morgan fingerprint density at radius 3 is 2.84 bits per heavy atom. The topological polar surface area (TPSA) is 58.4 Å².